The molecule has 1 aromatic rings. The van der Waals surface area contributed by atoms with Crippen LogP contribution in [-0.2, 0) is 4.79 Å². The van der Waals surface area contributed by atoms with Gasteiger partial charge in [-0.25, -0.2) is 0 Å². The van der Waals surface area contributed by atoms with Gasteiger partial charge in [0.2, 0.25) is 5.91 Å². The second kappa shape index (κ2) is 23.3. The van der Waals surface area contributed by atoms with E-state index in [9.17, 15) is 9.59 Å². The highest BCUT2D eigenvalue weighted by Crippen LogP contribution is 1.98. The number of nitrogens with one attached hydrogen (secondary N) is 2. The molecule has 36 heavy (non-hydrogen) atoms. The van der Waals surface area contributed by atoms with Gasteiger partial charge in [-0.2, -0.15) is 0 Å². The van der Waals surface area contributed by atoms with Crippen molar-refractivity contribution in [3.8, 4) is 0 Å². The quantitative estimate of drug-likeness (QED) is 0.166. The van der Waals surface area contributed by atoms with Gasteiger partial charge in [-0.3, -0.25) is 14.6 Å². The monoisotopic (exact) mass is 489 g/mol. The summed E-state index contributed by atoms with van der Waals surface area (Å²) in [6.07, 6.45) is 37.0. The molecule has 0 aliphatic rings. The average molecular weight is 490 g/mol. The largest absolute Gasteiger partial charge is 0.356 e. The van der Waals surface area contributed by atoms with Crippen molar-refractivity contribution in [1.82, 2.24) is 15.6 Å². The van der Waals surface area contributed by atoms with Gasteiger partial charge >= 0.3 is 0 Å². The van der Waals surface area contributed by atoms with Crippen LogP contribution < -0.4 is 10.6 Å². The first kappa shape index (κ1) is 30.6. The first-order valence-electron chi connectivity index (χ1n) is 13.1. The summed E-state index contributed by atoms with van der Waals surface area (Å²) < 4.78 is 0. The molecule has 0 unspecified atom stereocenters. The lowest BCUT2D eigenvalue weighted by Crippen LogP contribution is -2.29. The first-order chi connectivity index (χ1) is 17.7. The Morgan fingerprint density at radius 2 is 1.28 bits per heavy atom. The lowest BCUT2D eigenvalue weighted by atomic mass is 10.2. The standard InChI is InChI=1S/C31H43N3O2/c1-2-3-4-5-6-7-8-9-10-11-12-13-14-15-16-17-18-19-20-24-30(35)33-26-22-27-34-31(36)29-23-21-25-32-28-29/h3-4,6-7,9-10,12-13,15-16,18-19,21,23,25,28H,2,5,8,11,14,17,20,22,24,26-27H2,1H3,(H,33,35)(H,34,36)/b4-3-,7-6-,10-9-,13-12-,16-15-,19-18-. The third-order valence-electron chi connectivity index (χ3n) is 5.02. The zero-order valence-corrected chi connectivity index (χ0v) is 21.8. The van der Waals surface area contributed by atoms with Crippen molar-refractivity contribution in [3.05, 3.63) is 103 Å². The number of hydrogen-bond acceptors (Lipinski definition) is 3. The molecular weight excluding hydrogens is 446 g/mol. The first-order valence-corrected chi connectivity index (χ1v) is 13.1. The molecule has 5 nitrogen and oxygen atoms in total. The molecule has 1 heterocycles. The molecule has 5 heteroatoms. The normalized spacial score (nSPS) is 12.2. The highest BCUT2D eigenvalue weighted by Gasteiger charge is 2.04. The van der Waals surface area contributed by atoms with Crippen molar-refractivity contribution in [2.45, 2.75) is 64.7 Å². The molecule has 0 saturated carbocycles. The number of pyridine rings is 1. The van der Waals surface area contributed by atoms with Gasteiger partial charge in [-0.15, -0.1) is 0 Å². The van der Waals surface area contributed by atoms with E-state index in [0.29, 0.717) is 31.5 Å². The van der Waals surface area contributed by atoms with Crippen LogP contribution in [0.5, 0.6) is 0 Å². The Balaban J connectivity index is 1.94. The number of nitrogens with zero attached hydrogens (tertiary/aromatic N) is 1. The molecule has 2 N–H and O–H groups in total. The van der Waals surface area contributed by atoms with Crippen molar-refractivity contribution in [2.75, 3.05) is 13.1 Å². The predicted octanol–water partition coefficient (Wildman–Crippen LogP) is 6.80. The van der Waals surface area contributed by atoms with E-state index in [-0.39, 0.29) is 11.8 Å². The van der Waals surface area contributed by atoms with Crippen LogP contribution in [0.2, 0.25) is 0 Å². The summed E-state index contributed by atoms with van der Waals surface area (Å²) in [5.41, 5.74) is 0.540. The van der Waals surface area contributed by atoms with Crippen LogP contribution in [0.15, 0.2) is 97.4 Å². The van der Waals surface area contributed by atoms with Crippen molar-refractivity contribution in [1.29, 1.82) is 0 Å². The van der Waals surface area contributed by atoms with Crippen molar-refractivity contribution < 1.29 is 9.59 Å². The Hall–Kier alpha value is -3.47. The topological polar surface area (TPSA) is 71.1 Å². The fourth-order valence-electron chi connectivity index (χ4n) is 3.06. The number of aromatic nitrogens is 1. The summed E-state index contributed by atoms with van der Waals surface area (Å²) in [6, 6.07) is 3.45. The number of rotatable bonds is 19. The minimum Gasteiger partial charge on any atom is -0.356 e. The van der Waals surface area contributed by atoms with Crippen molar-refractivity contribution >= 4 is 11.8 Å². The lowest BCUT2D eigenvalue weighted by molar-refractivity contribution is -0.121. The summed E-state index contributed by atoms with van der Waals surface area (Å²) in [7, 11) is 0. The Morgan fingerprint density at radius 3 is 1.81 bits per heavy atom. The zero-order valence-electron chi connectivity index (χ0n) is 21.8. The summed E-state index contributed by atoms with van der Waals surface area (Å²) in [6.45, 7) is 3.22. The molecule has 0 fully saturated rings. The van der Waals surface area contributed by atoms with Crippen molar-refractivity contribution in [2.24, 2.45) is 0 Å². The minimum atomic E-state index is -0.146. The Labute approximate surface area is 217 Å². The molecule has 0 aromatic carbocycles. The van der Waals surface area contributed by atoms with Crippen LogP contribution in [0.3, 0.4) is 0 Å². The minimum absolute atomic E-state index is 0.0353. The highest BCUT2D eigenvalue weighted by molar-refractivity contribution is 5.93. The van der Waals surface area contributed by atoms with Crippen molar-refractivity contribution in [3.63, 3.8) is 0 Å². The Kier molecular flexibility index (Phi) is 19.8. The molecule has 2 amide bonds. The van der Waals surface area contributed by atoms with Gasteiger partial charge in [-0.1, -0.05) is 79.8 Å². The second-order valence-corrected chi connectivity index (χ2v) is 8.15. The van der Waals surface area contributed by atoms with E-state index in [4.69, 9.17) is 0 Å². The van der Waals surface area contributed by atoms with E-state index in [1.165, 1.54) is 6.20 Å². The van der Waals surface area contributed by atoms with E-state index in [2.05, 4.69) is 89.4 Å². The van der Waals surface area contributed by atoms with Gasteiger partial charge in [0.25, 0.3) is 5.91 Å². The second-order valence-electron chi connectivity index (χ2n) is 8.15. The van der Waals surface area contributed by atoms with Gasteiger partial charge in [0.15, 0.2) is 0 Å². The van der Waals surface area contributed by atoms with Crippen LogP contribution in [0.1, 0.15) is 75.1 Å². The summed E-state index contributed by atoms with van der Waals surface area (Å²) in [5.74, 6) is -0.111. The van der Waals surface area contributed by atoms with Gasteiger partial charge in [0.1, 0.15) is 0 Å². The summed E-state index contributed by atoms with van der Waals surface area (Å²) >= 11 is 0. The number of carbonyl (C=O) groups is 2. The van der Waals surface area contributed by atoms with Gasteiger partial charge in [-0.05, 0) is 63.5 Å². The molecule has 0 aliphatic carbocycles. The number of hydrogen-bond donors (Lipinski definition) is 2. The van der Waals surface area contributed by atoms with E-state index in [1.54, 1.807) is 18.3 Å². The summed E-state index contributed by atoms with van der Waals surface area (Å²) in [5, 5.41) is 5.71. The number of amides is 2. The number of allylic oxidation sites excluding steroid dienone is 12. The maximum absolute atomic E-state index is 11.9. The van der Waals surface area contributed by atoms with Crippen LogP contribution in [-0.4, -0.2) is 29.9 Å². The van der Waals surface area contributed by atoms with Crippen LogP contribution in [0.25, 0.3) is 0 Å². The average Bonchev–Trinajstić information content (AvgIpc) is 2.90. The molecule has 0 saturated heterocycles. The number of carbonyl (C=O) groups excluding carboxylic acids is 2. The Morgan fingerprint density at radius 1 is 0.750 bits per heavy atom. The lowest BCUT2D eigenvalue weighted by Gasteiger charge is -2.06. The maximum atomic E-state index is 11.9. The molecule has 0 spiro atoms. The SMILES string of the molecule is CC/C=C\C/C=C\C/C=C\C/C=C\C/C=C\C/C=C\CCC(=O)NCCCNC(=O)c1cccnc1. The fourth-order valence-corrected chi connectivity index (χ4v) is 3.06. The van der Waals surface area contributed by atoms with Crippen LogP contribution >= 0.6 is 0 Å². The highest BCUT2D eigenvalue weighted by atomic mass is 16.2. The van der Waals surface area contributed by atoms with E-state index < -0.39 is 0 Å². The van der Waals surface area contributed by atoms with E-state index in [0.717, 1.165) is 44.9 Å². The van der Waals surface area contributed by atoms with Gasteiger partial charge in [0, 0.05) is 31.9 Å². The van der Waals surface area contributed by atoms with E-state index >= 15 is 0 Å². The van der Waals surface area contributed by atoms with E-state index in [1.807, 2.05) is 6.08 Å². The van der Waals surface area contributed by atoms with Crippen LogP contribution in [0, 0.1) is 0 Å². The third-order valence-corrected chi connectivity index (χ3v) is 5.02. The third kappa shape index (κ3) is 18.9. The van der Waals surface area contributed by atoms with Crippen LogP contribution in [0.4, 0.5) is 0 Å². The smallest absolute Gasteiger partial charge is 0.252 e. The predicted molar refractivity (Wildman–Crippen MR) is 152 cm³/mol. The zero-order chi connectivity index (χ0) is 25.9. The molecule has 194 valence electrons. The van der Waals surface area contributed by atoms with Gasteiger partial charge in [0.05, 0.1) is 5.56 Å². The molecule has 1 aromatic heterocycles. The Bertz CT molecular complexity index is 880. The summed E-state index contributed by atoms with van der Waals surface area (Å²) in [4.78, 5) is 27.7. The molecule has 0 radical (unpaired) electrons. The molecule has 0 aliphatic heterocycles. The molecule has 0 bridgehead atoms. The maximum Gasteiger partial charge on any atom is 0.252 e. The molecular formula is C31H43N3O2. The van der Waals surface area contributed by atoms with Gasteiger partial charge < -0.3 is 10.6 Å². The fraction of sp³-hybridized carbons (Fsp3) is 0.387. The molecule has 0 atom stereocenters. The molecule has 1 rings (SSSR count).